The Kier molecular flexibility index (Phi) is 5.13. The van der Waals surface area contributed by atoms with Crippen molar-refractivity contribution in [3.05, 3.63) is 35.5 Å². The Morgan fingerprint density at radius 1 is 1.42 bits per heavy atom. The lowest BCUT2D eigenvalue weighted by Crippen LogP contribution is -2.45. The van der Waals surface area contributed by atoms with Gasteiger partial charge in [-0.3, -0.25) is 0 Å². The molecule has 5 nitrogen and oxygen atoms in total. The quantitative estimate of drug-likeness (QED) is 0.800. The maximum atomic E-state index is 13.8. The number of aliphatic hydroxyl groups is 1. The van der Waals surface area contributed by atoms with Crippen LogP contribution in [0, 0.1) is 11.6 Å². The Morgan fingerprint density at radius 3 is 2.67 bits per heavy atom. The van der Waals surface area contributed by atoms with Gasteiger partial charge in [-0.2, -0.15) is 0 Å². The Labute approximate surface area is 139 Å². The third-order valence-corrected chi connectivity index (χ3v) is 3.54. The summed E-state index contributed by atoms with van der Waals surface area (Å²) in [5.74, 6) is -1.90. The molecular weight excluding hydrogens is 318 g/mol. The van der Waals surface area contributed by atoms with Gasteiger partial charge in [-0.1, -0.05) is 0 Å². The third-order valence-electron chi connectivity index (χ3n) is 3.54. The molecule has 1 aromatic carbocycles. The molecule has 1 heterocycles. The number of H-pyrrole nitrogens is 1. The van der Waals surface area contributed by atoms with E-state index in [0.717, 1.165) is 6.07 Å². The number of hydrogen-bond donors (Lipinski definition) is 3. The number of rotatable bonds is 4. The molecule has 0 aliphatic rings. The van der Waals surface area contributed by atoms with E-state index < -0.39 is 35.5 Å². The number of nitrogens with one attached hydrogen (secondary N) is 2. The van der Waals surface area contributed by atoms with Crippen LogP contribution in [0.1, 0.15) is 33.3 Å². The van der Waals surface area contributed by atoms with Crippen molar-refractivity contribution in [1.82, 2.24) is 10.3 Å². The topological polar surface area (TPSA) is 74.4 Å². The summed E-state index contributed by atoms with van der Waals surface area (Å²) < 4.78 is 32.7. The number of amides is 1. The number of carbonyl (C=O) groups excluding carboxylic acids is 1. The molecule has 3 N–H and O–H groups in total. The van der Waals surface area contributed by atoms with Crippen molar-refractivity contribution in [3.8, 4) is 0 Å². The lowest BCUT2D eigenvalue weighted by Gasteiger charge is -2.25. The molecule has 132 valence electrons. The zero-order valence-corrected chi connectivity index (χ0v) is 14.1. The Hall–Kier alpha value is -2.15. The molecule has 0 fully saturated rings. The van der Waals surface area contributed by atoms with Gasteiger partial charge in [-0.05, 0) is 51.8 Å². The molecule has 2 aromatic rings. The average molecular weight is 340 g/mol. The Morgan fingerprint density at radius 2 is 2.08 bits per heavy atom. The summed E-state index contributed by atoms with van der Waals surface area (Å²) in [5.41, 5.74) is 0.212. The van der Waals surface area contributed by atoms with Crippen molar-refractivity contribution >= 4 is 17.0 Å². The second kappa shape index (κ2) is 6.76. The summed E-state index contributed by atoms with van der Waals surface area (Å²) in [6, 6.07) is 1.80. The number of ether oxygens (including phenoxy) is 1. The van der Waals surface area contributed by atoms with E-state index in [9.17, 15) is 18.7 Å². The van der Waals surface area contributed by atoms with Gasteiger partial charge in [0.15, 0.2) is 11.6 Å². The molecule has 1 aromatic heterocycles. The third kappa shape index (κ3) is 4.23. The highest BCUT2D eigenvalue weighted by Crippen LogP contribution is 2.25. The summed E-state index contributed by atoms with van der Waals surface area (Å²) >= 11 is 0. The van der Waals surface area contributed by atoms with Gasteiger partial charge in [0.2, 0.25) is 0 Å². The van der Waals surface area contributed by atoms with Gasteiger partial charge >= 0.3 is 6.09 Å². The van der Waals surface area contributed by atoms with Gasteiger partial charge in [-0.15, -0.1) is 0 Å². The van der Waals surface area contributed by atoms with E-state index in [1.165, 1.54) is 19.2 Å². The fraction of sp³-hybridized carbons (Fsp3) is 0.471. The molecular formula is C17H22F2N2O3. The van der Waals surface area contributed by atoms with E-state index in [4.69, 9.17) is 4.74 Å². The van der Waals surface area contributed by atoms with E-state index in [0.29, 0.717) is 11.1 Å². The SMILES string of the molecule is C[C@H](O)[C@@H](Cc1cc(F)c(F)c2cc[nH]c12)NC(=O)OC(C)(C)C. The highest BCUT2D eigenvalue weighted by atomic mass is 19.2. The van der Waals surface area contributed by atoms with Crippen molar-refractivity contribution in [2.45, 2.75) is 51.9 Å². The van der Waals surface area contributed by atoms with Crippen molar-refractivity contribution in [3.63, 3.8) is 0 Å². The number of fused-ring (bicyclic) bond motifs is 1. The normalized spacial score (nSPS) is 14.5. The zero-order chi connectivity index (χ0) is 18.1. The van der Waals surface area contributed by atoms with E-state index >= 15 is 0 Å². The number of aromatic amines is 1. The number of carbonyl (C=O) groups is 1. The number of aromatic nitrogens is 1. The molecule has 0 saturated heterocycles. The first kappa shape index (κ1) is 18.2. The van der Waals surface area contributed by atoms with Gasteiger partial charge in [0.25, 0.3) is 0 Å². The monoisotopic (exact) mass is 340 g/mol. The minimum absolute atomic E-state index is 0.116. The molecule has 7 heteroatoms. The van der Waals surface area contributed by atoms with E-state index in [1.54, 1.807) is 20.8 Å². The fourth-order valence-corrected chi connectivity index (χ4v) is 2.43. The predicted molar refractivity (Wildman–Crippen MR) is 86.8 cm³/mol. The first-order valence-electron chi connectivity index (χ1n) is 7.70. The highest BCUT2D eigenvalue weighted by molar-refractivity contribution is 5.83. The minimum atomic E-state index is -0.973. The molecule has 0 aliphatic heterocycles. The second-order valence-electron chi connectivity index (χ2n) is 6.80. The first-order chi connectivity index (χ1) is 11.1. The predicted octanol–water partition coefficient (Wildman–Crippen LogP) is 3.26. The molecule has 0 spiro atoms. The standard InChI is InChI=1S/C17H22F2N2O3/c1-9(22)13(21-16(23)24-17(2,3)4)8-10-7-12(18)14(19)11-5-6-20-15(10)11/h5-7,9,13,20,22H,8H2,1-4H3,(H,21,23)/t9-,13+/m0/s1. The van der Waals surface area contributed by atoms with Gasteiger partial charge < -0.3 is 20.1 Å². The molecule has 24 heavy (non-hydrogen) atoms. The fourth-order valence-electron chi connectivity index (χ4n) is 2.43. The maximum absolute atomic E-state index is 13.8. The number of hydrogen-bond acceptors (Lipinski definition) is 3. The number of halogens is 2. The van der Waals surface area contributed by atoms with Gasteiger partial charge in [0.1, 0.15) is 5.60 Å². The Bertz CT molecular complexity index is 735. The van der Waals surface area contributed by atoms with Gasteiger partial charge in [0.05, 0.1) is 17.7 Å². The van der Waals surface area contributed by atoms with Crippen LogP contribution in [0.3, 0.4) is 0 Å². The molecule has 2 rings (SSSR count). The summed E-state index contributed by atoms with van der Waals surface area (Å²) in [7, 11) is 0. The largest absolute Gasteiger partial charge is 0.444 e. The van der Waals surface area contributed by atoms with Crippen molar-refractivity contribution in [1.29, 1.82) is 0 Å². The second-order valence-corrected chi connectivity index (χ2v) is 6.80. The molecule has 0 aliphatic carbocycles. The number of alkyl carbamates (subject to hydrolysis) is 1. The highest BCUT2D eigenvalue weighted by Gasteiger charge is 2.24. The average Bonchev–Trinajstić information content (AvgIpc) is 2.91. The van der Waals surface area contributed by atoms with Crippen LogP contribution in [-0.4, -0.2) is 33.9 Å². The van der Waals surface area contributed by atoms with E-state index in [2.05, 4.69) is 10.3 Å². The first-order valence-corrected chi connectivity index (χ1v) is 7.70. The van der Waals surface area contributed by atoms with Crippen LogP contribution in [0.2, 0.25) is 0 Å². The summed E-state index contributed by atoms with van der Waals surface area (Å²) in [6.45, 7) is 6.68. The molecule has 1 amide bonds. The minimum Gasteiger partial charge on any atom is -0.444 e. The van der Waals surface area contributed by atoms with Gasteiger partial charge in [0, 0.05) is 11.6 Å². The van der Waals surface area contributed by atoms with Crippen LogP contribution in [-0.2, 0) is 11.2 Å². The van der Waals surface area contributed by atoms with Gasteiger partial charge in [-0.25, -0.2) is 13.6 Å². The maximum Gasteiger partial charge on any atom is 0.407 e. The summed E-state index contributed by atoms with van der Waals surface area (Å²) in [6.07, 6.45) is 0.0369. The zero-order valence-electron chi connectivity index (χ0n) is 14.1. The molecule has 0 bridgehead atoms. The number of benzene rings is 1. The van der Waals surface area contributed by atoms with E-state index in [1.807, 2.05) is 0 Å². The lowest BCUT2D eigenvalue weighted by atomic mass is 10.00. The van der Waals surface area contributed by atoms with Crippen LogP contribution < -0.4 is 5.32 Å². The van der Waals surface area contributed by atoms with Crippen LogP contribution in [0.5, 0.6) is 0 Å². The molecule has 0 unspecified atom stereocenters. The van der Waals surface area contributed by atoms with Crippen molar-refractivity contribution < 1.29 is 23.4 Å². The van der Waals surface area contributed by atoms with Crippen molar-refractivity contribution in [2.24, 2.45) is 0 Å². The molecule has 0 saturated carbocycles. The smallest absolute Gasteiger partial charge is 0.407 e. The van der Waals surface area contributed by atoms with Crippen LogP contribution >= 0.6 is 0 Å². The number of aliphatic hydroxyl groups excluding tert-OH is 1. The molecule has 2 atom stereocenters. The van der Waals surface area contributed by atoms with Crippen LogP contribution in [0.25, 0.3) is 10.9 Å². The summed E-state index contributed by atoms with van der Waals surface area (Å²) in [4.78, 5) is 14.8. The van der Waals surface area contributed by atoms with Crippen LogP contribution in [0.15, 0.2) is 18.3 Å². The Balaban J connectivity index is 2.24. The van der Waals surface area contributed by atoms with Crippen molar-refractivity contribution in [2.75, 3.05) is 0 Å². The van der Waals surface area contributed by atoms with E-state index in [-0.39, 0.29) is 11.8 Å². The lowest BCUT2D eigenvalue weighted by molar-refractivity contribution is 0.0437. The summed E-state index contributed by atoms with van der Waals surface area (Å²) in [5, 5.41) is 12.6. The van der Waals surface area contributed by atoms with Crippen LogP contribution in [0.4, 0.5) is 13.6 Å². The molecule has 0 radical (unpaired) electrons.